The molecule has 3 heterocycles. The van der Waals surface area contributed by atoms with E-state index in [0.29, 0.717) is 11.4 Å². The molecule has 0 saturated heterocycles. The number of amides is 1. The fourth-order valence-corrected chi connectivity index (χ4v) is 3.16. The van der Waals surface area contributed by atoms with Crippen LogP contribution in [0.4, 0.5) is 5.82 Å². The molecular weight excluding hydrogens is 296 g/mol. The van der Waals surface area contributed by atoms with Gasteiger partial charge >= 0.3 is 0 Å². The average molecular weight is 312 g/mol. The highest BCUT2D eigenvalue weighted by atomic mass is 32.1. The Morgan fingerprint density at radius 1 is 1.27 bits per heavy atom. The van der Waals surface area contributed by atoms with E-state index in [1.54, 1.807) is 23.6 Å². The zero-order chi connectivity index (χ0) is 15.7. The van der Waals surface area contributed by atoms with E-state index < -0.39 is 0 Å². The van der Waals surface area contributed by atoms with E-state index in [0.717, 1.165) is 22.2 Å². The summed E-state index contributed by atoms with van der Waals surface area (Å²) < 4.78 is 1.99. The number of hydrogen-bond donors (Lipinski definition) is 1. The topological polar surface area (TPSA) is 59.8 Å². The molecule has 0 aliphatic rings. The summed E-state index contributed by atoms with van der Waals surface area (Å²) in [5, 5.41) is 5.63. The van der Waals surface area contributed by atoms with Gasteiger partial charge in [0.05, 0.1) is 5.56 Å². The van der Waals surface area contributed by atoms with Crippen LogP contribution in [0.15, 0.2) is 35.8 Å². The van der Waals surface area contributed by atoms with Crippen molar-refractivity contribution in [1.29, 1.82) is 0 Å². The van der Waals surface area contributed by atoms with E-state index in [2.05, 4.69) is 15.3 Å². The van der Waals surface area contributed by atoms with Crippen LogP contribution in [0.25, 0.3) is 5.13 Å². The van der Waals surface area contributed by atoms with E-state index in [9.17, 15) is 4.79 Å². The second-order valence-electron chi connectivity index (χ2n) is 5.05. The maximum absolute atomic E-state index is 12.5. The first-order chi connectivity index (χ1) is 10.6. The smallest absolute Gasteiger partial charge is 0.258 e. The minimum Gasteiger partial charge on any atom is -0.306 e. The normalized spacial score (nSPS) is 10.7. The Balaban J connectivity index is 1.92. The van der Waals surface area contributed by atoms with Crippen molar-refractivity contribution in [3.8, 4) is 5.13 Å². The molecule has 3 aromatic rings. The molecule has 1 N–H and O–H groups in total. The third kappa shape index (κ3) is 2.65. The molecule has 6 heteroatoms. The number of aromatic nitrogens is 3. The number of carbonyl (C=O) groups is 1. The minimum atomic E-state index is -0.158. The summed E-state index contributed by atoms with van der Waals surface area (Å²) in [5.41, 5.74) is 3.36. The molecule has 0 aliphatic carbocycles. The Morgan fingerprint density at radius 2 is 2.09 bits per heavy atom. The van der Waals surface area contributed by atoms with Gasteiger partial charge in [0.1, 0.15) is 5.82 Å². The van der Waals surface area contributed by atoms with Gasteiger partial charge in [0.2, 0.25) is 0 Å². The first-order valence-electron chi connectivity index (χ1n) is 6.90. The molecule has 0 radical (unpaired) electrons. The highest BCUT2D eigenvalue weighted by Gasteiger charge is 2.18. The van der Waals surface area contributed by atoms with Gasteiger partial charge in [-0.25, -0.2) is 9.97 Å². The average Bonchev–Trinajstić information content (AvgIpc) is 3.07. The Labute approximate surface area is 132 Å². The number of pyridine rings is 1. The molecule has 0 aliphatic heterocycles. The third-order valence-corrected chi connectivity index (χ3v) is 4.17. The molecule has 0 bridgehead atoms. The maximum Gasteiger partial charge on any atom is 0.258 e. The lowest BCUT2D eigenvalue weighted by molar-refractivity contribution is 0.102. The fraction of sp³-hybridized carbons (Fsp3) is 0.188. The van der Waals surface area contributed by atoms with Crippen molar-refractivity contribution >= 4 is 23.1 Å². The standard InChI is InChI=1S/C16H16N4OS/c1-10-5-4-6-14(18-10)19-15(21)13-9-11(2)20(12(13)3)16-17-7-8-22-16/h4-9H,1-3H3,(H,18,19,21). The number of anilines is 1. The number of nitrogens with one attached hydrogen (secondary N) is 1. The van der Waals surface area contributed by atoms with Gasteiger partial charge in [0, 0.05) is 28.7 Å². The fourth-order valence-electron chi connectivity index (χ4n) is 2.41. The summed E-state index contributed by atoms with van der Waals surface area (Å²) in [6.45, 7) is 5.78. The second kappa shape index (κ2) is 5.73. The van der Waals surface area contributed by atoms with Crippen molar-refractivity contribution in [3.63, 3.8) is 0 Å². The highest BCUT2D eigenvalue weighted by Crippen LogP contribution is 2.22. The molecule has 0 atom stereocenters. The predicted molar refractivity (Wildman–Crippen MR) is 87.8 cm³/mol. The Morgan fingerprint density at radius 3 is 2.77 bits per heavy atom. The Kier molecular flexibility index (Phi) is 3.77. The molecule has 0 aromatic carbocycles. The number of nitrogens with zero attached hydrogens (tertiary/aromatic N) is 3. The van der Waals surface area contributed by atoms with Crippen molar-refractivity contribution in [2.24, 2.45) is 0 Å². The van der Waals surface area contributed by atoms with Gasteiger partial charge in [0.25, 0.3) is 5.91 Å². The van der Waals surface area contributed by atoms with Gasteiger partial charge in [-0.3, -0.25) is 9.36 Å². The van der Waals surface area contributed by atoms with E-state index >= 15 is 0 Å². The summed E-state index contributed by atoms with van der Waals surface area (Å²) >= 11 is 1.54. The van der Waals surface area contributed by atoms with Gasteiger partial charge in [0.15, 0.2) is 5.13 Å². The van der Waals surface area contributed by atoms with E-state index in [-0.39, 0.29) is 5.91 Å². The van der Waals surface area contributed by atoms with Crippen molar-refractivity contribution in [2.75, 3.05) is 5.32 Å². The van der Waals surface area contributed by atoms with Gasteiger partial charge in [-0.15, -0.1) is 11.3 Å². The molecule has 0 saturated carbocycles. The summed E-state index contributed by atoms with van der Waals surface area (Å²) in [5.74, 6) is 0.401. The van der Waals surface area contributed by atoms with Crippen LogP contribution in [0.5, 0.6) is 0 Å². The van der Waals surface area contributed by atoms with E-state index in [1.807, 2.05) is 48.9 Å². The zero-order valence-electron chi connectivity index (χ0n) is 12.6. The molecule has 3 aromatic heterocycles. The van der Waals surface area contributed by atoms with Crippen LogP contribution in [0.1, 0.15) is 27.4 Å². The predicted octanol–water partition coefficient (Wildman–Crippen LogP) is 3.51. The molecule has 112 valence electrons. The molecule has 0 unspecified atom stereocenters. The van der Waals surface area contributed by atoms with Crippen LogP contribution >= 0.6 is 11.3 Å². The van der Waals surface area contributed by atoms with E-state index in [1.165, 1.54) is 0 Å². The molecule has 0 fully saturated rings. The second-order valence-corrected chi connectivity index (χ2v) is 5.93. The van der Waals surface area contributed by atoms with Crippen molar-refractivity contribution < 1.29 is 4.79 Å². The quantitative estimate of drug-likeness (QED) is 0.805. The Hall–Kier alpha value is -2.47. The molecule has 5 nitrogen and oxygen atoms in total. The third-order valence-electron chi connectivity index (χ3n) is 3.42. The molecule has 22 heavy (non-hydrogen) atoms. The number of carbonyl (C=O) groups excluding carboxylic acids is 1. The van der Waals surface area contributed by atoms with Gasteiger partial charge < -0.3 is 5.32 Å². The summed E-state index contributed by atoms with van der Waals surface area (Å²) in [6, 6.07) is 7.42. The zero-order valence-corrected chi connectivity index (χ0v) is 13.4. The minimum absolute atomic E-state index is 0.158. The number of aryl methyl sites for hydroxylation is 2. The number of rotatable bonds is 3. The van der Waals surface area contributed by atoms with Crippen LogP contribution in [0, 0.1) is 20.8 Å². The summed E-state index contributed by atoms with van der Waals surface area (Å²) in [4.78, 5) is 21.1. The lowest BCUT2D eigenvalue weighted by Crippen LogP contribution is -2.14. The molecule has 1 amide bonds. The van der Waals surface area contributed by atoms with Gasteiger partial charge in [-0.05, 0) is 39.0 Å². The van der Waals surface area contributed by atoms with E-state index in [4.69, 9.17) is 0 Å². The van der Waals surface area contributed by atoms with Gasteiger partial charge in [-0.2, -0.15) is 0 Å². The summed E-state index contributed by atoms with van der Waals surface area (Å²) in [6.07, 6.45) is 1.76. The largest absolute Gasteiger partial charge is 0.306 e. The molecular formula is C16H16N4OS. The van der Waals surface area contributed by atoms with Crippen LogP contribution in [0.2, 0.25) is 0 Å². The number of thiazole rings is 1. The van der Waals surface area contributed by atoms with Crippen LogP contribution < -0.4 is 5.32 Å². The number of hydrogen-bond acceptors (Lipinski definition) is 4. The van der Waals surface area contributed by atoms with Crippen LogP contribution in [-0.2, 0) is 0 Å². The monoisotopic (exact) mass is 312 g/mol. The van der Waals surface area contributed by atoms with Crippen LogP contribution in [-0.4, -0.2) is 20.4 Å². The lowest BCUT2D eigenvalue weighted by Gasteiger charge is -2.07. The lowest BCUT2D eigenvalue weighted by atomic mass is 10.2. The Bertz CT molecular complexity index is 821. The van der Waals surface area contributed by atoms with Crippen LogP contribution in [0.3, 0.4) is 0 Å². The first kappa shape index (κ1) is 14.5. The maximum atomic E-state index is 12.5. The van der Waals surface area contributed by atoms with Crippen molar-refractivity contribution in [2.45, 2.75) is 20.8 Å². The molecule has 0 spiro atoms. The highest BCUT2D eigenvalue weighted by molar-refractivity contribution is 7.12. The van der Waals surface area contributed by atoms with Gasteiger partial charge in [-0.1, -0.05) is 6.07 Å². The van der Waals surface area contributed by atoms with Crippen molar-refractivity contribution in [3.05, 3.63) is 58.5 Å². The molecule has 3 rings (SSSR count). The van der Waals surface area contributed by atoms with Crippen molar-refractivity contribution in [1.82, 2.24) is 14.5 Å². The first-order valence-corrected chi connectivity index (χ1v) is 7.78. The summed E-state index contributed by atoms with van der Waals surface area (Å²) in [7, 11) is 0. The SMILES string of the molecule is Cc1cccc(NC(=O)c2cc(C)n(-c3nccs3)c2C)n1.